The minimum absolute atomic E-state index is 0.0676. The van der Waals surface area contributed by atoms with E-state index >= 15 is 0 Å². The molecule has 4 rings (SSSR count). The SMILES string of the molecule is Cc1ccc(NS(=O)(=O)c2ccc(C)c(C(=O)N3CCCC(C4OCCO4)C3)c2)cc1. The quantitative estimate of drug-likeness (QED) is 0.765. The molecule has 2 fully saturated rings. The van der Waals surface area contributed by atoms with Crippen LogP contribution in [0.25, 0.3) is 0 Å². The van der Waals surface area contributed by atoms with E-state index in [1.807, 2.05) is 26.0 Å². The number of hydrogen-bond acceptors (Lipinski definition) is 5. The molecule has 0 spiro atoms. The van der Waals surface area contributed by atoms with E-state index < -0.39 is 10.0 Å². The van der Waals surface area contributed by atoms with Gasteiger partial charge in [0, 0.05) is 30.3 Å². The molecule has 1 N–H and O–H groups in total. The van der Waals surface area contributed by atoms with Gasteiger partial charge in [-0.05, 0) is 56.5 Å². The molecule has 1 unspecified atom stereocenters. The molecule has 7 nitrogen and oxygen atoms in total. The molecule has 2 saturated heterocycles. The molecular weight excluding hydrogens is 416 g/mol. The Hall–Kier alpha value is -2.42. The smallest absolute Gasteiger partial charge is 0.261 e. The molecule has 31 heavy (non-hydrogen) atoms. The highest BCUT2D eigenvalue weighted by Gasteiger charge is 2.33. The maximum Gasteiger partial charge on any atom is 0.261 e. The average molecular weight is 445 g/mol. The predicted molar refractivity (Wildman–Crippen MR) is 117 cm³/mol. The molecular formula is C23H28N2O5S. The molecule has 2 aromatic carbocycles. The van der Waals surface area contributed by atoms with Crippen LogP contribution in [0, 0.1) is 19.8 Å². The summed E-state index contributed by atoms with van der Waals surface area (Å²) in [5.74, 6) is -0.0248. The Kier molecular flexibility index (Phi) is 6.31. The number of carbonyl (C=O) groups excluding carboxylic acids is 1. The van der Waals surface area contributed by atoms with Gasteiger partial charge in [0.1, 0.15) is 0 Å². The van der Waals surface area contributed by atoms with Crippen LogP contribution < -0.4 is 4.72 Å². The lowest BCUT2D eigenvalue weighted by atomic mass is 9.96. The maximum atomic E-state index is 13.3. The first kappa shape index (κ1) is 21.8. The zero-order valence-electron chi connectivity index (χ0n) is 17.8. The first-order chi connectivity index (χ1) is 14.8. The maximum absolute atomic E-state index is 13.3. The van der Waals surface area contributed by atoms with Crippen LogP contribution in [0.3, 0.4) is 0 Å². The summed E-state index contributed by atoms with van der Waals surface area (Å²) in [4.78, 5) is 15.1. The lowest BCUT2D eigenvalue weighted by molar-refractivity contribution is -0.0969. The molecule has 0 radical (unpaired) electrons. The lowest BCUT2D eigenvalue weighted by Gasteiger charge is -2.35. The molecule has 166 valence electrons. The molecule has 2 aliphatic rings. The average Bonchev–Trinajstić information content (AvgIpc) is 3.30. The summed E-state index contributed by atoms with van der Waals surface area (Å²) in [6.45, 7) is 6.11. The number of nitrogens with zero attached hydrogens (tertiary/aromatic N) is 1. The monoisotopic (exact) mass is 444 g/mol. The molecule has 0 saturated carbocycles. The molecule has 1 amide bonds. The largest absolute Gasteiger partial charge is 0.350 e. The Balaban J connectivity index is 1.54. The molecule has 8 heteroatoms. The zero-order chi connectivity index (χ0) is 22.0. The minimum Gasteiger partial charge on any atom is -0.350 e. The van der Waals surface area contributed by atoms with Crippen LogP contribution in [-0.2, 0) is 19.5 Å². The van der Waals surface area contributed by atoms with E-state index in [4.69, 9.17) is 9.47 Å². The van der Waals surface area contributed by atoms with Gasteiger partial charge in [0.05, 0.1) is 18.1 Å². The fourth-order valence-electron chi connectivity index (χ4n) is 4.07. The van der Waals surface area contributed by atoms with E-state index in [0.717, 1.165) is 24.0 Å². The number of amides is 1. The number of ether oxygens (including phenoxy) is 2. The second-order valence-electron chi connectivity index (χ2n) is 8.21. The number of anilines is 1. The summed E-state index contributed by atoms with van der Waals surface area (Å²) < 4.78 is 39.7. The van der Waals surface area contributed by atoms with Crippen molar-refractivity contribution in [1.29, 1.82) is 0 Å². The van der Waals surface area contributed by atoms with Crippen LogP contribution >= 0.6 is 0 Å². The van der Waals surface area contributed by atoms with Crippen LogP contribution in [-0.4, -0.2) is 51.8 Å². The highest BCUT2D eigenvalue weighted by molar-refractivity contribution is 7.92. The number of piperidine rings is 1. The summed E-state index contributed by atoms with van der Waals surface area (Å²) in [5.41, 5.74) is 2.67. The minimum atomic E-state index is -3.81. The zero-order valence-corrected chi connectivity index (χ0v) is 18.7. The van der Waals surface area contributed by atoms with Gasteiger partial charge in [-0.25, -0.2) is 8.42 Å². The van der Waals surface area contributed by atoms with Crippen molar-refractivity contribution in [1.82, 2.24) is 4.90 Å². The molecule has 2 aliphatic heterocycles. The van der Waals surface area contributed by atoms with Crippen LogP contribution in [0.2, 0.25) is 0 Å². The van der Waals surface area contributed by atoms with Crippen molar-refractivity contribution in [3.63, 3.8) is 0 Å². The van der Waals surface area contributed by atoms with Crippen molar-refractivity contribution < 1.29 is 22.7 Å². The van der Waals surface area contributed by atoms with Crippen LogP contribution in [0.4, 0.5) is 5.69 Å². The first-order valence-corrected chi connectivity index (χ1v) is 12.0. The lowest BCUT2D eigenvalue weighted by Crippen LogP contribution is -2.44. The van der Waals surface area contributed by atoms with E-state index in [-0.39, 0.29) is 23.0 Å². The highest BCUT2D eigenvalue weighted by atomic mass is 32.2. The molecule has 2 aromatic rings. The molecule has 0 aliphatic carbocycles. The van der Waals surface area contributed by atoms with Crippen molar-refractivity contribution in [2.24, 2.45) is 5.92 Å². The van der Waals surface area contributed by atoms with Gasteiger partial charge < -0.3 is 14.4 Å². The van der Waals surface area contributed by atoms with E-state index in [0.29, 0.717) is 37.6 Å². The highest BCUT2D eigenvalue weighted by Crippen LogP contribution is 2.27. The Morgan fingerprint density at radius 2 is 1.77 bits per heavy atom. The summed E-state index contributed by atoms with van der Waals surface area (Å²) in [6, 6.07) is 11.8. The normalized spacial score (nSPS) is 20.1. The molecule has 0 bridgehead atoms. The van der Waals surface area contributed by atoms with E-state index in [2.05, 4.69) is 4.72 Å². The summed E-state index contributed by atoms with van der Waals surface area (Å²) >= 11 is 0. The van der Waals surface area contributed by atoms with Crippen molar-refractivity contribution in [3.8, 4) is 0 Å². The third kappa shape index (κ3) is 4.92. The van der Waals surface area contributed by atoms with Crippen molar-refractivity contribution in [3.05, 3.63) is 59.2 Å². The van der Waals surface area contributed by atoms with Gasteiger partial charge in [-0.3, -0.25) is 9.52 Å². The number of aryl methyl sites for hydroxylation is 2. The van der Waals surface area contributed by atoms with Crippen molar-refractivity contribution >= 4 is 21.6 Å². The van der Waals surface area contributed by atoms with Gasteiger partial charge in [-0.1, -0.05) is 23.8 Å². The molecule has 2 heterocycles. The van der Waals surface area contributed by atoms with Crippen molar-refractivity contribution in [2.45, 2.75) is 37.9 Å². The topological polar surface area (TPSA) is 84.9 Å². The fraction of sp³-hybridized carbons (Fsp3) is 0.435. The molecule has 0 aromatic heterocycles. The number of rotatable bonds is 5. The van der Waals surface area contributed by atoms with E-state index in [1.165, 1.54) is 12.1 Å². The summed E-state index contributed by atoms with van der Waals surface area (Å²) in [7, 11) is -3.81. The number of likely N-dealkylation sites (tertiary alicyclic amines) is 1. The summed E-state index contributed by atoms with van der Waals surface area (Å²) in [6.07, 6.45) is 1.55. The van der Waals surface area contributed by atoms with Gasteiger partial charge in [0.2, 0.25) is 0 Å². The number of nitrogens with one attached hydrogen (secondary N) is 1. The van der Waals surface area contributed by atoms with E-state index in [9.17, 15) is 13.2 Å². The predicted octanol–water partition coefficient (Wildman–Crippen LogP) is 3.33. The van der Waals surface area contributed by atoms with Crippen molar-refractivity contribution in [2.75, 3.05) is 31.0 Å². The Labute approximate surface area is 183 Å². The van der Waals surface area contributed by atoms with Gasteiger partial charge in [-0.2, -0.15) is 0 Å². The number of benzene rings is 2. The number of carbonyl (C=O) groups is 1. The van der Waals surface area contributed by atoms with Gasteiger partial charge in [0.25, 0.3) is 15.9 Å². The third-order valence-corrected chi connectivity index (χ3v) is 7.21. The summed E-state index contributed by atoms with van der Waals surface area (Å²) in [5, 5.41) is 0. The second-order valence-corrected chi connectivity index (χ2v) is 9.89. The second kappa shape index (κ2) is 8.98. The van der Waals surface area contributed by atoms with Gasteiger partial charge >= 0.3 is 0 Å². The fourth-order valence-corrected chi connectivity index (χ4v) is 5.15. The third-order valence-electron chi connectivity index (χ3n) is 5.83. The van der Waals surface area contributed by atoms with Crippen LogP contribution in [0.5, 0.6) is 0 Å². The van der Waals surface area contributed by atoms with Gasteiger partial charge in [-0.15, -0.1) is 0 Å². The Bertz CT molecular complexity index is 1050. The standard InChI is InChI=1S/C23H28N2O5S/c1-16-5-8-19(9-6-16)24-31(27,28)20-10-7-17(2)21(14-20)22(26)25-11-3-4-18(15-25)23-29-12-13-30-23/h5-10,14,18,23-24H,3-4,11-13,15H2,1-2H3. The number of sulfonamides is 1. The molecule has 1 atom stereocenters. The van der Waals surface area contributed by atoms with E-state index in [1.54, 1.807) is 23.1 Å². The number of hydrogen-bond donors (Lipinski definition) is 1. The Morgan fingerprint density at radius 1 is 1.06 bits per heavy atom. The Morgan fingerprint density at radius 3 is 2.48 bits per heavy atom. The van der Waals surface area contributed by atoms with Gasteiger partial charge in [0.15, 0.2) is 6.29 Å². The van der Waals surface area contributed by atoms with Crippen LogP contribution in [0.15, 0.2) is 47.4 Å². The first-order valence-electron chi connectivity index (χ1n) is 10.6. The van der Waals surface area contributed by atoms with Crippen LogP contribution in [0.1, 0.15) is 34.3 Å².